The van der Waals surface area contributed by atoms with Gasteiger partial charge in [0.25, 0.3) is 0 Å². The third-order valence-electron chi connectivity index (χ3n) is 2.89. The predicted molar refractivity (Wildman–Crippen MR) is 76.1 cm³/mol. The number of hydrogen-bond donors (Lipinski definition) is 1. The first kappa shape index (κ1) is 15.0. The molecule has 2 aromatic rings. The fraction of sp³-hybridized carbons (Fsp3) is 0.188. The fourth-order valence-corrected chi connectivity index (χ4v) is 1.80. The number of nitrogens with one attached hydrogen (secondary N) is 1. The van der Waals surface area contributed by atoms with Crippen molar-refractivity contribution in [3.63, 3.8) is 0 Å². The van der Waals surface area contributed by atoms with Gasteiger partial charge < -0.3 is 10.1 Å². The van der Waals surface area contributed by atoms with Gasteiger partial charge in [0.05, 0.1) is 12.2 Å². The van der Waals surface area contributed by atoms with Crippen LogP contribution in [0.2, 0.25) is 0 Å². The van der Waals surface area contributed by atoms with Gasteiger partial charge in [-0.05, 0) is 37.3 Å². The van der Waals surface area contributed by atoms with Crippen LogP contribution in [0.4, 0.5) is 14.5 Å². The number of ether oxygens (including phenoxy) is 1. The van der Waals surface area contributed by atoms with Gasteiger partial charge in [-0.2, -0.15) is 0 Å². The molecule has 21 heavy (non-hydrogen) atoms. The molecule has 0 fully saturated rings. The van der Waals surface area contributed by atoms with E-state index in [2.05, 4.69) is 5.32 Å². The molecule has 0 aromatic heterocycles. The molecule has 0 saturated carbocycles. The van der Waals surface area contributed by atoms with Gasteiger partial charge in [-0.25, -0.2) is 13.6 Å². The second-order valence-electron chi connectivity index (χ2n) is 4.39. The summed E-state index contributed by atoms with van der Waals surface area (Å²) in [5.74, 6) is -1.57. The minimum atomic E-state index is -0.602. The quantitative estimate of drug-likeness (QED) is 0.853. The molecule has 2 aromatic carbocycles. The second-order valence-corrected chi connectivity index (χ2v) is 4.39. The normalized spacial score (nSPS) is 10.2. The van der Waals surface area contributed by atoms with Crippen LogP contribution in [0.1, 0.15) is 22.8 Å². The van der Waals surface area contributed by atoms with Crippen molar-refractivity contribution in [3.05, 3.63) is 65.2 Å². The van der Waals surface area contributed by atoms with Gasteiger partial charge in [0.15, 0.2) is 0 Å². The van der Waals surface area contributed by atoms with E-state index < -0.39 is 11.6 Å². The molecular formula is C16H15F2NO2. The van der Waals surface area contributed by atoms with Crippen LogP contribution in [0.15, 0.2) is 42.5 Å². The maximum absolute atomic E-state index is 13.5. The zero-order chi connectivity index (χ0) is 15.2. The lowest BCUT2D eigenvalue weighted by molar-refractivity contribution is 0.0526. The number of halogens is 2. The molecule has 0 aliphatic rings. The summed E-state index contributed by atoms with van der Waals surface area (Å²) in [6.07, 6.45) is 0. The topological polar surface area (TPSA) is 38.3 Å². The summed E-state index contributed by atoms with van der Waals surface area (Å²) in [5, 5.41) is 3.00. The maximum Gasteiger partial charge on any atom is 0.338 e. The number of esters is 1. The van der Waals surface area contributed by atoms with E-state index >= 15 is 0 Å². The minimum Gasteiger partial charge on any atom is -0.462 e. The molecule has 5 heteroatoms. The van der Waals surface area contributed by atoms with E-state index in [1.165, 1.54) is 12.1 Å². The van der Waals surface area contributed by atoms with Crippen molar-refractivity contribution in [2.75, 3.05) is 11.9 Å². The Morgan fingerprint density at radius 1 is 1.14 bits per heavy atom. The van der Waals surface area contributed by atoms with Gasteiger partial charge >= 0.3 is 5.97 Å². The van der Waals surface area contributed by atoms with Gasteiger partial charge in [0, 0.05) is 23.9 Å². The van der Waals surface area contributed by atoms with E-state index in [0.29, 0.717) is 17.7 Å². The van der Waals surface area contributed by atoms with Crippen molar-refractivity contribution in [1.29, 1.82) is 0 Å². The standard InChI is InChI=1S/C16H15F2NO2/c1-2-21-16(20)11-4-7-14(8-5-11)19-10-12-3-6-13(17)9-15(12)18/h3-9,19H,2,10H2,1H3. The van der Waals surface area contributed by atoms with Gasteiger partial charge in [0.1, 0.15) is 11.6 Å². The Hall–Kier alpha value is -2.43. The van der Waals surface area contributed by atoms with E-state index in [4.69, 9.17) is 4.74 Å². The predicted octanol–water partition coefficient (Wildman–Crippen LogP) is 3.75. The molecule has 2 rings (SSSR count). The number of benzene rings is 2. The maximum atomic E-state index is 13.5. The first-order chi connectivity index (χ1) is 10.1. The fourth-order valence-electron chi connectivity index (χ4n) is 1.80. The molecule has 0 amide bonds. The zero-order valence-corrected chi connectivity index (χ0v) is 11.5. The van der Waals surface area contributed by atoms with Crippen LogP contribution in [0, 0.1) is 11.6 Å². The van der Waals surface area contributed by atoms with Crippen LogP contribution in [0.3, 0.4) is 0 Å². The molecule has 1 N–H and O–H groups in total. The molecule has 0 unspecified atom stereocenters. The van der Waals surface area contributed by atoms with E-state index in [9.17, 15) is 13.6 Å². The van der Waals surface area contributed by atoms with Crippen molar-refractivity contribution in [1.82, 2.24) is 0 Å². The molecule has 0 radical (unpaired) electrons. The van der Waals surface area contributed by atoms with Crippen LogP contribution in [-0.2, 0) is 11.3 Å². The lowest BCUT2D eigenvalue weighted by Gasteiger charge is -2.08. The Balaban J connectivity index is 1.99. The Labute approximate surface area is 121 Å². The van der Waals surface area contributed by atoms with Crippen molar-refractivity contribution in [3.8, 4) is 0 Å². The Kier molecular flexibility index (Phi) is 4.87. The highest BCUT2D eigenvalue weighted by molar-refractivity contribution is 5.89. The molecule has 0 spiro atoms. The largest absolute Gasteiger partial charge is 0.462 e. The number of rotatable bonds is 5. The highest BCUT2D eigenvalue weighted by Crippen LogP contribution is 2.14. The number of anilines is 1. The molecule has 0 aliphatic heterocycles. The SMILES string of the molecule is CCOC(=O)c1ccc(NCc2ccc(F)cc2F)cc1. The molecule has 0 bridgehead atoms. The zero-order valence-electron chi connectivity index (χ0n) is 11.5. The van der Waals surface area contributed by atoms with Crippen LogP contribution < -0.4 is 5.32 Å². The summed E-state index contributed by atoms with van der Waals surface area (Å²) in [7, 11) is 0. The van der Waals surface area contributed by atoms with E-state index in [0.717, 1.165) is 11.8 Å². The van der Waals surface area contributed by atoms with Crippen molar-refractivity contribution < 1.29 is 18.3 Å². The van der Waals surface area contributed by atoms with Gasteiger partial charge in [-0.15, -0.1) is 0 Å². The van der Waals surface area contributed by atoms with Crippen molar-refractivity contribution >= 4 is 11.7 Å². The highest BCUT2D eigenvalue weighted by atomic mass is 19.1. The summed E-state index contributed by atoms with van der Waals surface area (Å²) in [4.78, 5) is 11.5. The summed E-state index contributed by atoms with van der Waals surface area (Å²) in [6.45, 7) is 2.29. The average Bonchev–Trinajstić information content (AvgIpc) is 2.47. The average molecular weight is 291 g/mol. The molecule has 0 heterocycles. The Bertz CT molecular complexity index is 627. The summed E-state index contributed by atoms with van der Waals surface area (Å²) >= 11 is 0. The number of carbonyl (C=O) groups is 1. The first-order valence-corrected chi connectivity index (χ1v) is 6.55. The Morgan fingerprint density at radius 2 is 1.86 bits per heavy atom. The second kappa shape index (κ2) is 6.83. The van der Waals surface area contributed by atoms with Crippen LogP contribution in [-0.4, -0.2) is 12.6 Å². The van der Waals surface area contributed by atoms with Gasteiger partial charge in [-0.1, -0.05) is 6.07 Å². The lowest BCUT2D eigenvalue weighted by atomic mass is 10.2. The van der Waals surface area contributed by atoms with Crippen molar-refractivity contribution in [2.24, 2.45) is 0 Å². The first-order valence-electron chi connectivity index (χ1n) is 6.55. The number of carbonyl (C=O) groups excluding carboxylic acids is 1. The molecular weight excluding hydrogens is 276 g/mol. The van der Waals surface area contributed by atoms with E-state index in [1.807, 2.05) is 0 Å². The summed E-state index contributed by atoms with van der Waals surface area (Å²) in [5.41, 5.74) is 1.55. The van der Waals surface area contributed by atoms with E-state index in [-0.39, 0.29) is 12.5 Å². The van der Waals surface area contributed by atoms with Gasteiger partial charge in [-0.3, -0.25) is 0 Å². The van der Waals surface area contributed by atoms with Crippen LogP contribution in [0.25, 0.3) is 0 Å². The molecule has 0 saturated heterocycles. The highest BCUT2D eigenvalue weighted by Gasteiger charge is 2.06. The van der Waals surface area contributed by atoms with Crippen LogP contribution >= 0.6 is 0 Å². The van der Waals surface area contributed by atoms with Gasteiger partial charge in [0.2, 0.25) is 0 Å². The smallest absolute Gasteiger partial charge is 0.338 e. The molecule has 3 nitrogen and oxygen atoms in total. The Morgan fingerprint density at radius 3 is 2.48 bits per heavy atom. The van der Waals surface area contributed by atoms with Crippen LogP contribution in [0.5, 0.6) is 0 Å². The van der Waals surface area contributed by atoms with E-state index in [1.54, 1.807) is 31.2 Å². The third-order valence-corrected chi connectivity index (χ3v) is 2.89. The summed E-state index contributed by atoms with van der Waals surface area (Å²) < 4.78 is 31.1. The molecule has 110 valence electrons. The number of hydrogen-bond acceptors (Lipinski definition) is 3. The minimum absolute atomic E-state index is 0.227. The lowest BCUT2D eigenvalue weighted by Crippen LogP contribution is -2.05. The summed E-state index contributed by atoms with van der Waals surface area (Å²) in [6, 6.07) is 10.1. The third kappa shape index (κ3) is 4.02. The molecule has 0 atom stereocenters. The van der Waals surface area contributed by atoms with Crippen molar-refractivity contribution in [2.45, 2.75) is 13.5 Å². The monoisotopic (exact) mass is 291 g/mol. The molecule has 0 aliphatic carbocycles.